The summed E-state index contributed by atoms with van der Waals surface area (Å²) in [6.45, 7) is 7.88. The monoisotopic (exact) mass is 362 g/mol. The number of amides is 1. The Morgan fingerprint density at radius 1 is 1.36 bits per heavy atom. The molecule has 1 N–H and O–H groups in total. The number of hydrogen-bond acceptors (Lipinski definition) is 5. The van der Waals surface area contributed by atoms with Gasteiger partial charge in [0.25, 0.3) is 0 Å². The third kappa shape index (κ3) is 5.90. The fourth-order valence-corrected chi connectivity index (χ4v) is 2.24. The standard InChI is InChI=1S/C18H23ClN4O2/c1-12-10-20-16(19)22-15(12)21-14-8-6-7-13(9-14)11-23(5)17(24)25-18(2,3)4/h6-10H,11H2,1-5H3,(H,20,21,22). The summed E-state index contributed by atoms with van der Waals surface area (Å²) >= 11 is 5.85. The fraction of sp³-hybridized carbons (Fsp3) is 0.389. The Hall–Kier alpha value is -2.34. The first-order valence-corrected chi connectivity index (χ1v) is 8.31. The molecule has 134 valence electrons. The van der Waals surface area contributed by atoms with Crippen LogP contribution >= 0.6 is 11.6 Å². The number of aromatic nitrogens is 2. The van der Waals surface area contributed by atoms with Crippen LogP contribution in [0, 0.1) is 6.92 Å². The summed E-state index contributed by atoms with van der Waals surface area (Å²) in [5.74, 6) is 0.651. The van der Waals surface area contributed by atoms with E-state index >= 15 is 0 Å². The van der Waals surface area contributed by atoms with Crippen molar-refractivity contribution >= 4 is 29.2 Å². The maximum absolute atomic E-state index is 12.1. The molecule has 2 rings (SSSR count). The zero-order valence-electron chi connectivity index (χ0n) is 15.1. The predicted octanol–water partition coefficient (Wildman–Crippen LogP) is 4.55. The molecule has 0 spiro atoms. The number of halogens is 1. The molecule has 0 aliphatic heterocycles. The van der Waals surface area contributed by atoms with Crippen molar-refractivity contribution in [3.8, 4) is 0 Å². The van der Waals surface area contributed by atoms with E-state index in [1.807, 2.05) is 52.0 Å². The van der Waals surface area contributed by atoms with Gasteiger partial charge in [-0.05, 0) is 57.0 Å². The Balaban J connectivity index is 2.08. The summed E-state index contributed by atoms with van der Waals surface area (Å²) < 4.78 is 5.37. The Morgan fingerprint density at radius 3 is 2.76 bits per heavy atom. The first kappa shape index (κ1) is 19.0. The van der Waals surface area contributed by atoms with E-state index in [9.17, 15) is 4.79 Å². The molecule has 0 bridgehead atoms. The number of hydrogen-bond donors (Lipinski definition) is 1. The number of ether oxygens (including phenoxy) is 1. The van der Waals surface area contributed by atoms with E-state index in [2.05, 4.69) is 15.3 Å². The maximum atomic E-state index is 12.1. The molecule has 0 saturated carbocycles. The molecule has 0 atom stereocenters. The quantitative estimate of drug-likeness (QED) is 0.808. The summed E-state index contributed by atoms with van der Waals surface area (Å²) in [6, 6.07) is 7.74. The number of nitrogens with zero attached hydrogens (tertiary/aromatic N) is 3. The van der Waals surface area contributed by atoms with Crippen molar-refractivity contribution in [3.63, 3.8) is 0 Å². The van der Waals surface area contributed by atoms with Crippen LogP contribution in [0.15, 0.2) is 30.5 Å². The summed E-state index contributed by atoms with van der Waals surface area (Å²) in [6.07, 6.45) is 1.31. The highest BCUT2D eigenvalue weighted by Gasteiger charge is 2.19. The van der Waals surface area contributed by atoms with E-state index in [4.69, 9.17) is 16.3 Å². The zero-order chi connectivity index (χ0) is 18.6. The van der Waals surface area contributed by atoms with Gasteiger partial charge in [0, 0.05) is 31.0 Å². The number of carbonyl (C=O) groups excluding carboxylic acids is 1. The molecule has 6 nitrogen and oxygen atoms in total. The van der Waals surface area contributed by atoms with Gasteiger partial charge in [0.1, 0.15) is 11.4 Å². The summed E-state index contributed by atoms with van der Waals surface area (Å²) in [5.41, 5.74) is 2.20. The average molecular weight is 363 g/mol. The highest BCUT2D eigenvalue weighted by atomic mass is 35.5. The van der Waals surface area contributed by atoms with E-state index in [-0.39, 0.29) is 11.4 Å². The number of carbonyl (C=O) groups is 1. The van der Waals surface area contributed by atoms with E-state index in [0.29, 0.717) is 12.4 Å². The van der Waals surface area contributed by atoms with Crippen LogP contribution in [0.2, 0.25) is 5.28 Å². The molecule has 1 amide bonds. The third-order valence-corrected chi connectivity index (χ3v) is 3.44. The molecule has 0 aliphatic carbocycles. The minimum atomic E-state index is -0.515. The van der Waals surface area contributed by atoms with Gasteiger partial charge < -0.3 is 15.0 Å². The van der Waals surface area contributed by atoms with Crippen molar-refractivity contribution in [2.24, 2.45) is 0 Å². The normalized spacial score (nSPS) is 11.1. The van der Waals surface area contributed by atoms with Crippen molar-refractivity contribution < 1.29 is 9.53 Å². The smallest absolute Gasteiger partial charge is 0.410 e. The van der Waals surface area contributed by atoms with E-state index in [1.54, 1.807) is 13.2 Å². The molecule has 1 aromatic carbocycles. The van der Waals surface area contributed by atoms with Crippen LogP contribution in [0.25, 0.3) is 0 Å². The van der Waals surface area contributed by atoms with E-state index in [0.717, 1.165) is 16.8 Å². The fourth-order valence-electron chi connectivity index (χ4n) is 2.11. The molecule has 25 heavy (non-hydrogen) atoms. The lowest BCUT2D eigenvalue weighted by Crippen LogP contribution is -2.33. The molecule has 0 fully saturated rings. The lowest BCUT2D eigenvalue weighted by atomic mass is 10.2. The van der Waals surface area contributed by atoms with Crippen molar-refractivity contribution in [2.45, 2.75) is 39.8 Å². The second kappa shape index (κ2) is 7.70. The van der Waals surface area contributed by atoms with Crippen LogP contribution in [-0.4, -0.2) is 33.6 Å². The third-order valence-electron chi connectivity index (χ3n) is 3.26. The van der Waals surface area contributed by atoms with Crippen molar-refractivity contribution in [1.29, 1.82) is 0 Å². The topological polar surface area (TPSA) is 67.4 Å². The number of aryl methyl sites for hydroxylation is 1. The minimum Gasteiger partial charge on any atom is -0.444 e. The van der Waals surface area contributed by atoms with Crippen molar-refractivity contribution in [3.05, 3.63) is 46.9 Å². The van der Waals surface area contributed by atoms with Crippen LogP contribution in [-0.2, 0) is 11.3 Å². The number of anilines is 2. The van der Waals surface area contributed by atoms with Crippen LogP contribution in [0.1, 0.15) is 31.9 Å². The first-order valence-electron chi connectivity index (χ1n) is 7.93. The predicted molar refractivity (Wildman–Crippen MR) is 99.2 cm³/mol. The molecular formula is C18H23ClN4O2. The van der Waals surface area contributed by atoms with Gasteiger partial charge in [-0.25, -0.2) is 14.8 Å². The van der Waals surface area contributed by atoms with Gasteiger partial charge in [-0.3, -0.25) is 0 Å². The second-order valence-corrected chi connectivity index (χ2v) is 7.17. The van der Waals surface area contributed by atoms with Gasteiger partial charge >= 0.3 is 6.09 Å². The zero-order valence-corrected chi connectivity index (χ0v) is 15.9. The Morgan fingerprint density at radius 2 is 2.08 bits per heavy atom. The molecule has 7 heteroatoms. The Kier molecular flexibility index (Phi) is 5.85. The molecular weight excluding hydrogens is 340 g/mol. The average Bonchev–Trinajstić information content (AvgIpc) is 2.49. The summed E-state index contributed by atoms with van der Waals surface area (Å²) in [5, 5.41) is 3.41. The molecule has 1 heterocycles. The van der Waals surface area contributed by atoms with Gasteiger partial charge in [-0.2, -0.15) is 0 Å². The number of rotatable bonds is 4. The van der Waals surface area contributed by atoms with Crippen LogP contribution in [0.5, 0.6) is 0 Å². The minimum absolute atomic E-state index is 0.189. The molecule has 0 aliphatic rings. The van der Waals surface area contributed by atoms with Crippen LogP contribution in [0.3, 0.4) is 0 Å². The largest absolute Gasteiger partial charge is 0.444 e. The summed E-state index contributed by atoms with van der Waals surface area (Å²) in [7, 11) is 1.71. The van der Waals surface area contributed by atoms with E-state index < -0.39 is 5.60 Å². The number of nitrogens with one attached hydrogen (secondary N) is 1. The maximum Gasteiger partial charge on any atom is 0.410 e. The SMILES string of the molecule is Cc1cnc(Cl)nc1Nc1cccc(CN(C)C(=O)OC(C)(C)C)c1. The molecule has 2 aromatic rings. The van der Waals surface area contributed by atoms with E-state index in [1.165, 1.54) is 4.90 Å². The Labute approximate surface area is 153 Å². The second-order valence-electron chi connectivity index (χ2n) is 6.83. The van der Waals surface area contributed by atoms with Crippen molar-refractivity contribution in [1.82, 2.24) is 14.9 Å². The molecule has 0 unspecified atom stereocenters. The highest BCUT2D eigenvalue weighted by molar-refractivity contribution is 6.28. The lowest BCUT2D eigenvalue weighted by molar-refractivity contribution is 0.0285. The number of benzene rings is 1. The van der Waals surface area contributed by atoms with Gasteiger partial charge in [0.2, 0.25) is 5.28 Å². The van der Waals surface area contributed by atoms with Crippen molar-refractivity contribution in [2.75, 3.05) is 12.4 Å². The Bertz CT molecular complexity index is 759. The van der Waals surface area contributed by atoms with Gasteiger partial charge in [0.05, 0.1) is 0 Å². The van der Waals surface area contributed by atoms with Gasteiger partial charge in [-0.1, -0.05) is 12.1 Å². The molecule has 0 radical (unpaired) electrons. The molecule has 1 aromatic heterocycles. The van der Waals surface area contributed by atoms with Gasteiger partial charge in [0.15, 0.2) is 0 Å². The van der Waals surface area contributed by atoms with Crippen LogP contribution < -0.4 is 5.32 Å². The highest BCUT2D eigenvalue weighted by Crippen LogP contribution is 2.21. The first-order chi connectivity index (χ1) is 11.6. The summed E-state index contributed by atoms with van der Waals surface area (Å²) in [4.78, 5) is 21.7. The van der Waals surface area contributed by atoms with Gasteiger partial charge in [-0.15, -0.1) is 0 Å². The molecule has 0 saturated heterocycles. The van der Waals surface area contributed by atoms with Crippen LogP contribution in [0.4, 0.5) is 16.3 Å². The lowest BCUT2D eigenvalue weighted by Gasteiger charge is -2.24.